The van der Waals surface area contributed by atoms with Crippen molar-refractivity contribution in [1.29, 1.82) is 0 Å². The molecular formula is C16H22BrCl. The van der Waals surface area contributed by atoms with Gasteiger partial charge in [0.2, 0.25) is 0 Å². The molecule has 0 saturated heterocycles. The lowest BCUT2D eigenvalue weighted by Crippen LogP contribution is -2.29. The average molecular weight is 330 g/mol. The van der Waals surface area contributed by atoms with Gasteiger partial charge in [-0.15, -0.1) is 0 Å². The van der Waals surface area contributed by atoms with Crippen molar-refractivity contribution in [1.82, 2.24) is 0 Å². The average Bonchev–Trinajstić information content (AvgIpc) is 2.34. The third-order valence-electron chi connectivity index (χ3n) is 4.31. The van der Waals surface area contributed by atoms with Crippen LogP contribution in [0.2, 0.25) is 5.02 Å². The van der Waals surface area contributed by atoms with Crippen molar-refractivity contribution < 1.29 is 0 Å². The van der Waals surface area contributed by atoms with E-state index in [1.165, 1.54) is 24.8 Å². The van der Waals surface area contributed by atoms with Crippen molar-refractivity contribution in [2.45, 2.75) is 44.4 Å². The molecule has 1 aliphatic carbocycles. The lowest BCUT2D eigenvalue weighted by atomic mass is 9.74. The van der Waals surface area contributed by atoms with Gasteiger partial charge in [0.1, 0.15) is 0 Å². The van der Waals surface area contributed by atoms with Gasteiger partial charge in [0.05, 0.1) is 0 Å². The van der Waals surface area contributed by atoms with E-state index in [1.807, 2.05) is 12.1 Å². The quantitative estimate of drug-likeness (QED) is 0.622. The molecule has 1 aromatic carbocycles. The Balaban J connectivity index is 2.05. The first-order valence-electron chi connectivity index (χ1n) is 6.95. The van der Waals surface area contributed by atoms with Gasteiger partial charge in [0.15, 0.2) is 0 Å². The highest BCUT2D eigenvalue weighted by Gasteiger charge is 2.30. The van der Waals surface area contributed by atoms with Gasteiger partial charge in [-0.1, -0.05) is 59.6 Å². The summed E-state index contributed by atoms with van der Waals surface area (Å²) in [6.07, 6.45) is 5.11. The van der Waals surface area contributed by atoms with Crippen LogP contribution in [-0.2, 0) is 6.42 Å². The molecule has 18 heavy (non-hydrogen) atoms. The molecule has 1 aromatic rings. The molecular weight excluding hydrogens is 308 g/mol. The van der Waals surface area contributed by atoms with Crippen LogP contribution in [0.25, 0.3) is 0 Å². The predicted molar refractivity (Wildman–Crippen MR) is 83.5 cm³/mol. The SMILES string of the molecule is CC(C)C1CCC(Br)C(Cc2ccccc2Cl)C1. The largest absolute Gasteiger partial charge is 0.0888 e. The molecule has 3 unspecified atom stereocenters. The molecule has 100 valence electrons. The maximum Gasteiger partial charge on any atom is 0.0438 e. The molecule has 3 atom stereocenters. The number of halogens is 2. The molecule has 1 fully saturated rings. The van der Waals surface area contributed by atoms with Crippen LogP contribution < -0.4 is 0 Å². The fourth-order valence-electron chi connectivity index (χ4n) is 3.03. The highest BCUT2D eigenvalue weighted by atomic mass is 79.9. The van der Waals surface area contributed by atoms with E-state index < -0.39 is 0 Å². The zero-order valence-electron chi connectivity index (χ0n) is 11.2. The number of benzene rings is 1. The van der Waals surface area contributed by atoms with Gasteiger partial charge in [-0.2, -0.15) is 0 Å². The fourth-order valence-corrected chi connectivity index (χ4v) is 3.91. The molecule has 0 radical (unpaired) electrons. The Hall–Kier alpha value is -0.0100. The van der Waals surface area contributed by atoms with E-state index in [0.29, 0.717) is 4.83 Å². The van der Waals surface area contributed by atoms with E-state index in [9.17, 15) is 0 Å². The van der Waals surface area contributed by atoms with Gasteiger partial charge >= 0.3 is 0 Å². The summed E-state index contributed by atoms with van der Waals surface area (Å²) in [7, 11) is 0. The predicted octanol–water partition coefficient (Wildman–Crippen LogP) is 5.72. The van der Waals surface area contributed by atoms with Crippen LogP contribution in [-0.4, -0.2) is 4.83 Å². The molecule has 2 rings (SSSR count). The number of hydrogen-bond acceptors (Lipinski definition) is 0. The topological polar surface area (TPSA) is 0 Å². The van der Waals surface area contributed by atoms with E-state index in [1.54, 1.807) is 0 Å². The Morgan fingerprint density at radius 2 is 2.00 bits per heavy atom. The van der Waals surface area contributed by atoms with E-state index in [4.69, 9.17) is 11.6 Å². The maximum atomic E-state index is 6.27. The first-order chi connectivity index (χ1) is 8.58. The summed E-state index contributed by atoms with van der Waals surface area (Å²) >= 11 is 10.1. The van der Waals surface area contributed by atoms with E-state index in [2.05, 4.69) is 41.9 Å². The van der Waals surface area contributed by atoms with Crippen molar-refractivity contribution in [2.24, 2.45) is 17.8 Å². The van der Waals surface area contributed by atoms with Crippen LogP contribution in [0.3, 0.4) is 0 Å². The Morgan fingerprint density at radius 1 is 1.28 bits per heavy atom. The highest BCUT2D eigenvalue weighted by Crippen LogP contribution is 2.39. The van der Waals surface area contributed by atoms with Crippen LogP contribution in [0.15, 0.2) is 24.3 Å². The lowest BCUT2D eigenvalue weighted by molar-refractivity contribution is 0.223. The van der Waals surface area contributed by atoms with Crippen molar-refractivity contribution in [3.05, 3.63) is 34.9 Å². The number of rotatable bonds is 3. The third-order valence-corrected chi connectivity index (χ3v) is 5.89. The first-order valence-corrected chi connectivity index (χ1v) is 8.24. The Labute approximate surface area is 124 Å². The minimum atomic E-state index is 0.656. The Morgan fingerprint density at radius 3 is 2.67 bits per heavy atom. The Kier molecular flexibility index (Phi) is 5.14. The first kappa shape index (κ1) is 14.4. The molecule has 0 spiro atoms. The zero-order chi connectivity index (χ0) is 13.1. The normalized spacial score (nSPS) is 28.6. The molecule has 0 heterocycles. The summed E-state index contributed by atoms with van der Waals surface area (Å²) < 4.78 is 0. The fraction of sp³-hybridized carbons (Fsp3) is 0.625. The van der Waals surface area contributed by atoms with Crippen molar-refractivity contribution in [2.75, 3.05) is 0 Å². The van der Waals surface area contributed by atoms with Gasteiger partial charge < -0.3 is 0 Å². The van der Waals surface area contributed by atoms with Crippen LogP contribution >= 0.6 is 27.5 Å². The number of hydrogen-bond donors (Lipinski definition) is 0. The summed E-state index contributed by atoms with van der Waals surface area (Å²) in [4.78, 5) is 0.656. The number of alkyl halides is 1. The molecule has 0 N–H and O–H groups in total. The Bertz CT molecular complexity index is 388. The molecule has 1 saturated carbocycles. The maximum absolute atomic E-state index is 6.27. The molecule has 0 aliphatic heterocycles. The van der Waals surface area contributed by atoms with Gasteiger partial charge in [-0.3, -0.25) is 0 Å². The zero-order valence-corrected chi connectivity index (χ0v) is 13.5. The summed E-state index contributed by atoms with van der Waals surface area (Å²) in [6.45, 7) is 4.71. The second kappa shape index (κ2) is 6.43. The van der Waals surface area contributed by atoms with Gasteiger partial charge in [-0.05, 0) is 55.1 Å². The molecule has 2 heteroatoms. The summed E-state index contributed by atoms with van der Waals surface area (Å²) in [5.41, 5.74) is 1.30. The minimum Gasteiger partial charge on any atom is -0.0888 e. The second-order valence-electron chi connectivity index (χ2n) is 5.89. The lowest BCUT2D eigenvalue weighted by Gasteiger charge is -2.35. The molecule has 0 amide bonds. The van der Waals surface area contributed by atoms with Crippen LogP contribution in [0.5, 0.6) is 0 Å². The van der Waals surface area contributed by atoms with Crippen molar-refractivity contribution >= 4 is 27.5 Å². The van der Waals surface area contributed by atoms with Crippen molar-refractivity contribution in [3.8, 4) is 0 Å². The van der Waals surface area contributed by atoms with E-state index in [-0.39, 0.29) is 0 Å². The van der Waals surface area contributed by atoms with Crippen LogP contribution in [0.4, 0.5) is 0 Å². The molecule has 0 aromatic heterocycles. The standard InChI is InChI=1S/C16H22BrCl/c1-11(2)12-7-8-15(17)14(9-12)10-13-5-3-4-6-16(13)18/h3-6,11-12,14-15H,7-10H2,1-2H3. The monoisotopic (exact) mass is 328 g/mol. The van der Waals surface area contributed by atoms with Crippen LogP contribution in [0, 0.1) is 17.8 Å². The summed E-state index contributed by atoms with van der Waals surface area (Å²) in [6, 6.07) is 8.27. The van der Waals surface area contributed by atoms with Gasteiger partial charge in [-0.25, -0.2) is 0 Å². The van der Waals surface area contributed by atoms with Crippen molar-refractivity contribution in [3.63, 3.8) is 0 Å². The van der Waals surface area contributed by atoms with Crippen LogP contribution in [0.1, 0.15) is 38.7 Å². The van der Waals surface area contributed by atoms with Gasteiger partial charge in [0, 0.05) is 9.85 Å². The summed E-state index contributed by atoms with van der Waals surface area (Å²) in [5, 5.41) is 0.920. The molecule has 0 bridgehead atoms. The highest BCUT2D eigenvalue weighted by molar-refractivity contribution is 9.09. The van der Waals surface area contributed by atoms with E-state index in [0.717, 1.165) is 29.2 Å². The smallest absolute Gasteiger partial charge is 0.0438 e. The third kappa shape index (κ3) is 3.51. The second-order valence-corrected chi connectivity index (χ2v) is 7.47. The molecule has 0 nitrogen and oxygen atoms in total. The minimum absolute atomic E-state index is 0.656. The summed E-state index contributed by atoms with van der Waals surface area (Å²) in [5.74, 6) is 2.41. The molecule has 1 aliphatic rings. The van der Waals surface area contributed by atoms with E-state index >= 15 is 0 Å². The van der Waals surface area contributed by atoms with Gasteiger partial charge in [0.25, 0.3) is 0 Å².